The number of hydrogen-bond donors (Lipinski definition) is 0. The molecule has 0 unspecified atom stereocenters. The van der Waals surface area contributed by atoms with Gasteiger partial charge < -0.3 is 19.1 Å². The van der Waals surface area contributed by atoms with Crippen LogP contribution in [0.3, 0.4) is 0 Å². The predicted octanol–water partition coefficient (Wildman–Crippen LogP) is 3.45. The number of aromatic nitrogens is 2. The van der Waals surface area contributed by atoms with E-state index >= 15 is 0 Å². The van der Waals surface area contributed by atoms with Gasteiger partial charge in [0.2, 0.25) is 5.82 Å². The lowest BCUT2D eigenvalue weighted by molar-refractivity contribution is 0.0238. The van der Waals surface area contributed by atoms with E-state index in [9.17, 15) is 4.79 Å². The van der Waals surface area contributed by atoms with Gasteiger partial charge in [0.15, 0.2) is 0 Å². The van der Waals surface area contributed by atoms with E-state index in [0.717, 1.165) is 5.56 Å². The Labute approximate surface area is 151 Å². The van der Waals surface area contributed by atoms with Gasteiger partial charge in [-0.3, -0.25) is 0 Å². The molecule has 0 N–H and O–H groups in total. The Bertz CT molecular complexity index is 731. The highest BCUT2D eigenvalue weighted by Gasteiger charge is 2.27. The van der Waals surface area contributed by atoms with Crippen LogP contribution in [0.25, 0.3) is 11.4 Å². The van der Waals surface area contributed by atoms with Crippen molar-refractivity contribution in [2.75, 3.05) is 31.1 Å². The second-order valence-electron chi connectivity index (χ2n) is 6.86. The number of rotatable bonds is 2. The van der Waals surface area contributed by atoms with Gasteiger partial charge in [-0.15, -0.1) is 0 Å². The minimum atomic E-state index is -0.492. The minimum absolute atomic E-state index is 0.292. The molecule has 7 nitrogen and oxygen atoms in total. The summed E-state index contributed by atoms with van der Waals surface area (Å²) in [5.41, 5.74) is 0.348. The molecule has 3 rings (SSSR count). The Kier molecular flexibility index (Phi) is 4.85. The van der Waals surface area contributed by atoms with Gasteiger partial charge in [-0.05, 0) is 45.0 Å². The Morgan fingerprint density at radius 3 is 2.40 bits per heavy atom. The van der Waals surface area contributed by atoms with E-state index < -0.39 is 5.60 Å². The Morgan fingerprint density at radius 1 is 1.16 bits per heavy atom. The molecule has 0 radical (unpaired) electrons. The van der Waals surface area contributed by atoms with Gasteiger partial charge >= 0.3 is 12.1 Å². The van der Waals surface area contributed by atoms with Crippen LogP contribution >= 0.6 is 11.6 Å². The van der Waals surface area contributed by atoms with Crippen LogP contribution in [0.2, 0.25) is 5.02 Å². The van der Waals surface area contributed by atoms with Crippen LogP contribution in [0.5, 0.6) is 0 Å². The van der Waals surface area contributed by atoms with Crippen molar-refractivity contribution in [3.05, 3.63) is 29.3 Å². The molecule has 0 atom stereocenters. The molecule has 1 amide bonds. The third-order valence-electron chi connectivity index (χ3n) is 3.72. The quantitative estimate of drug-likeness (QED) is 0.812. The standard InChI is InChI=1S/C17H21ClN4O3/c1-17(2,3)24-16(23)22-10-8-21(9-11-22)15-19-14(20-25-15)12-4-6-13(18)7-5-12/h4-7H,8-11H2,1-3H3. The number of nitrogens with zero attached hydrogens (tertiary/aromatic N) is 4. The molecule has 25 heavy (non-hydrogen) atoms. The van der Waals surface area contributed by atoms with E-state index in [1.54, 1.807) is 17.0 Å². The molecule has 1 aromatic heterocycles. The third kappa shape index (κ3) is 4.42. The van der Waals surface area contributed by atoms with Crippen LogP contribution in [0, 0.1) is 0 Å². The third-order valence-corrected chi connectivity index (χ3v) is 3.97. The Balaban J connectivity index is 1.60. The van der Waals surface area contributed by atoms with Gasteiger partial charge in [0.1, 0.15) is 5.60 Å². The first-order chi connectivity index (χ1) is 11.8. The number of anilines is 1. The fourth-order valence-electron chi connectivity index (χ4n) is 2.47. The second-order valence-corrected chi connectivity index (χ2v) is 7.30. The molecule has 1 aliphatic rings. The first-order valence-corrected chi connectivity index (χ1v) is 8.52. The van der Waals surface area contributed by atoms with E-state index in [4.69, 9.17) is 20.9 Å². The summed E-state index contributed by atoms with van der Waals surface area (Å²) in [5.74, 6) is 0.515. The van der Waals surface area contributed by atoms with Crippen molar-refractivity contribution in [2.24, 2.45) is 0 Å². The van der Waals surface area contributed by atoms with E-state index in [-0.39, 0.29) is 6.09 Å². The van der Waals surface area contributed by atoms with Crippen LogP contribution < -0.4 is 4.90 Å². The molecule has 0 spiro atoms. The summed E-state index contributed by atoms with van der Waals surface area (Å²) in [5, 5.41) is 4.68. The maximum absolute atomic E-state index is 12.1. The maximum atomic E-state index is 12.1. The molecule has 1 saturated heterocycles. The summed E-state index contributed by atoms with van der Waals surface area (Å²) in [6.07, 6.45) is -0.292. The van der Waals surface area contributed by atoms with Gasteiger partial charge in [0.05, 0.1) is 0 Å². The summed E-state index contributed by atoms with van der Waals surface area (Å²) in [7, 11) is 0. The normalized spacial score (nSPS) is 15.4. The Morgan fingerprint density at radius 2 is 1.80 bits per heavy atom. The number of benzene rings is 1. The first-order valence-electron chi connectivity index (χ1n) is 8.14. The topological polar surface area (TPSA) is 71.7 Å². The highest BCUT2D eigenvalue weighted by atomic mass is 35.5. The number of piperazine rings is 1. The largest absolute Gasteiger partial charge is 0.444 e. The summed E-state index contributed by atoms with van der Waals surface area (Å²) >= 11 is 5.89. The van der Waals surface area contributed by atoms with Gasteiger partial charge in [-0.1, -0.05) is 16.8 Å². The van der Waals surface area contributed by atoms with Crippen LogP contribution in [0.1, 0.15) is 20.8 Å². The molecule has 134 valence electrons. The SMILES string of the molecule is CC(C)(C)OC(=O)N1CCN(c2nc(-c3ccc(Cl)cc3)no2)CC1. The van der Waals surface area contributed by atoms with Gasteiger partial charge in [-0.25, -0.2) is 4.79 Å². The monoisotopic (exact) mass is 364 g/mol. The van der Waals surface area contributed by atoms with Crippen LogP contribution in [0.4, 0.5) is 10.8 Å². The predicted molar refractivity (Wildman–Crippen MR) is 94.8 cm³/mol. The highest BCUT2D eigenvalue weighted by Crippen LogP contribution is 2.22. The van der Waals surface area contributed by atoms with Crippen molar-refractivity contribution in [3.63, 3.8) is 0 Å². The number of carbonyl (C=O) groups is 1. The van der Waals surface area contributed by atoms with Gasteiger partial charge in [0.25, 0.3) is 0 Å². The summed E-state index contributed by atoms with van der Waals surface area (Å²) < 4.78 is 10.8. The van der Waals surface area contributed by atoms with E-state index in [1.165, 1.54) is 0 Å². The van der Waals surface area contributed by atoms with E-state index in [2.05, 4.69) is 10.1 Å². The smallest absolute Gasteiger partial charge is 0.410 e. The second kappa shape index (κ2) is 6.92. The number of hydrogen-bond acceptors (Lipinski definition) is 6. The number of ether oxygens (including phenoxy) is 1. The lowest BCUT2D eigenvalue weighted by atomic mass is 10.2. The van der Waals surface area contributed by atoms with Crippen LogP contribution in [-0.4, -0.2) is 52.9 Å². The summed E-state index contributed by atoms with van der Waals surface area (Å²) in [6.45, 7) is 7.90. The van der Waals surface area contributed by atoms with Crippen molar-refractivity contribution < 1.29 is 14.1 Å². The molecule has 0 bridgehead atoms. The average Bonchev–Trinajstić information content (AvgIpc) is 3.04. The molecular weight excluding hydrogens is 344 g/mol. The molecule has 1 fully saturated rings. The van der Waals surface area contributed by atoms with Crippen molar-refractivity contribution in [3.8, 4) is 11.4 Å². The van der Waals surface area contributed by atoms with Crippen molar-refractivity contribution >= 4 is 23.7 Å². The molecule has 0 saturated carbocycles. The lowest BCUT2D eigenvalue weighted by Crippen LogP contribution is -2.50. The van der Waals surface area contributed by atoms with Gasteiger partial charge in [-0.2, -0.15) is 4.98 Å². The molecule has 1 aromatic carbocycles. The molecule has 2 aromatic rings. The minimum Gasteiger partial charge on any atom is -0.444 e. The first kappa shape index (κ1) is 17.5. The molecule has 8 heteroatoms. The zero-order valence-electron chi connectivity index (χ0n) is 14.5. The van der Waals surface area contributed by atoms with Crippen LogP contribution in [-0.2, 0) is 4.74 Å². The van der Waals surface area contributed by atoms with Crippen LogP contribution in [0.15, 0.2) is 28.8 Å². The molecular formula is C17H21ClN4O3. The van der Waals surface area contributed by atoms with Crippen molar-refractivity contribution in [1.29, 1.82) is 0 Å². The molecule has 2 heterocycles. The Hall–Kier alpha value is -2.28. The maximum Gasteiger partial charge on any atom is 0.410 e. The van der Waals surface area contributed by atoms with Gasteiger partial charge in [0, 0.05) is 36.8 Å². The number of amides is 1. The number of halogens is 1. The summed E-state index contributed by atoms with van der Waals surface area (Å²) in [4.78, 5) is 20.2. The lowest BCUT2D eigenvalue weighted by Gasteiger charge is -2.34. The summed E-state index contributed by atoms with van der Waals surface area (Å²) in [6, 6.07) is 7.71. The zero-order valence-corrected chi connectivity index (χ0v) is 15.3. The average molecular weight is 365 g/mol. The van der Waals surface area contributed by atoms with E-state index in [0.29, 0.717) is 43.0 Å². The fraction of sp³-hybridized carbons (Fsp3) is 0.471. The van der Waals surface area contributed by atoms with Crippen molar-refractivity contribution in [1.82, 2.24) is 15.0 Å². The highest BCUT2D eigenvalue weighted by molar-refractivity contribution is 6.30. The van der Waals surface area contributed by atoms with Crippen molar-refractivity contribution in [2.45, 2.75) is 26.4 Å². The fourth-order valence-corrected chi connectivity index (χ4v) is 2.59. The molecule has 0 aliphatic carbocycles. The zero-order chi connectivity index (χ0) is 18.0. The van der Waals surface area contributed by atoms with E-state index in [1.807, 2.05) is 37.8 Å². The number of carbonyl (C=O) groups excluding carboxylic acids is 1. The molecule has 1 aliphatic heterocycles.